The van der Waals surface area contributed by atoms with Crippen molar-refractivity contribution in [3.63, 3.8) is 0 Å². The summed E-state index contributed by atoms with van der Waals surface area (Å²) >= 11 is 1.62. The molecule has 0 aliphatic carbocycles. The largest absolute Gasteiger partial charge is 0.388 e. The summed E-state index contributed by atoms with van der Waals surface area (Å²) in [6.07, 6.45) is 0. The lowest BCUT2D eigenvalue weighted by Crippen LogP contribution is -2.36. The number of hydrogen-bond acceptors (Lipinski definition) is 3. The third kappa shape index (κ3) is 1.69. The minimum Gasteiger partial charge on any atom is -0.388 e. The summed E-state index contributed by atoms with van der Waals surface area (Å²) in [5, 5.41) is 3.11. The van der Waals surface area contributed by atoms with Gasteiger partial charge < -0.3 is 10.2 Å². The molecule has 2 rings (SSSR count). The quantitative estimate of drug-likeness (QED) is 0.790. The van der Waals surface area contributed by atoms with Crippen molar-refractivity contribution in [3.05, 3.63) is 18.2 Å². The second-order valence-corrected chi connectivity index (χ2v) is 4.97. The molecule has 1 aliphatic rings. The number of benzene rings is 1. The molecule has 1 unspecified atom stereocenters. The maximum absolute atomic E-state index is 11.7. The van der Waals surface area contributed by atoms with Gasteiger partial charge in [-0.3, -0.25) is 4.79 Å². The summed E-state index contributed by atoms with van der Waals surface area (Å²) in [5.41, 5.74) is 2.08. The van der Waals surface area contributed by atoms with Gasteiger partial charge in [0.15, 0.2) is 0 Å². The molecule has 15 heavy (non-hydrogen) atoms. The molecular formula is C11H14N2OS. The summed E-state index contributed by atoms with van der Waals surface area (Å²) in [6.45, 7) is 1.94. The average Bonchev–Trinajstić information content (AvgIpc) is 2.25. The van der Waals surface area contributed by atoms with E-state index in [1.807, 2.05) is 33.2 Å². The van der Waals surface area contributed by atoms with Gasteiger partial charge in [-0.1, -0.05) is 0 Å². The van der Waals surface area contributed by atoms with E-state index in [1.165, 1.54) is 0 Å². The molecule has 0 bridgehead atoms. The highest BCUT2D eigenvalue weighted by molar-refractivity contribution is 8.01. The number of thioether (sulfide) groups is 1. The van der Waals surface area contributed by atoms with Crippen molar-refractivity contribution in [1.29, 1.82) is 0 Å². The van der Waals surface area contributed by atoms with E-state index in [1.54, 1.807) is 16.7 Å². The first kappa shape index (κ1) is 10.4. The van der Waals surface area contributed by atoms with Gasteiger partial charge in [-0.2, -0.15) is 0 Å². The lowest BCUT2D eigenvalue weighted by Gasteiger charge is -2.29. The van der Waals surface area contributed by atoms with Crippen molar-refractivity contribution >= 4 is 29.0 Å². The number of rotatable bonds is 1. The Morgan fingerprint density at radius 2 is 2.20 bits per heavy atom. The Kier molecular flexibility index (Phi) is 2.61. The smallest absolute Gasteiger partial charge is 0.239 e. The van der Waals surface area contributed by atoms with Gasteiger partial charge >= 0.3 is 0 Å². The van der Waals surface area contributed by atoms with Crippen LogP contribution in [0.15, 0.2) is 23.1 Å². The number of amides is 1. The number of carbonyl (C=O) groups excluding carboxylic acids is 1. The van der Waals surface area contributed by atoms with Crippen LogP contribution in [0.4, 0.5) is 11.4 Å². The van der Waals surface area contributed by atoms with Crippen molar-refractivity contribution in [2.45, 2.75) is 17.1 Å². The molecular weight excluding hydrogens is 208 g/mol. The first-order chi connectivity index (χ1) is 7.13. The standard InChI is InChI=1S/C11H14N2OS/c1-7-11(14)13(3)9-5-4-8(12-2)6-10(9)15-7/h4-7,12H,1-3H3. The molecule has 1 amide bonds. The van der Waals surface area contributed by atoms with Gasteiger partial charge in [0.1, 0.15) is 0 Å². The van der Waals surface area contributed by atoms with Crippen molar-refractivity contribution in [3.8, 4) is 0 Å². The van der Waals surface area contributed by atoms with Gasteiger partial charge in [-0.25, -0.2) is 0 Å². The Balaban J connectivity index is 2.45. The van der Waals surface area contributed by atoms with E-state index in [0.29, 0.717) is 0 Å². The first-order valence-electron chi connectivity index (χ1n) is 4.89. The molecule has 1 N–H and O–H groups in total. The monoisotopic (exact) mass is 222 g/mol. The summed E-state index contributed by atoms with van der Waals surface area (Å²) in [6, 6.07) is 6.05. The molecule has 0 spiro atoms. The van der Waals surface area contributed by atoms with Crippen molar-refractivity contribution in [1.82, 2.24) is 0 Å². The van der Waals surface area contributed by atoms with Crippen LogP contribution in [0.3, 0.4) is 0 Å². The Morgan fingerprint density at radius 1 is 1.47 bits per heavy atom. The van der Waals surface area contributed by atoms with Crippen LogP contribution in [-0.2, 0) is 4.79 Å². The average molecular weight is 222 g/mol. The van der Waals surface area contributed by atoms with Gasteiger partial charge in [0.05, 0.1) is 10.9 Å². The third-order valence-corrected chi connectivity index (χ3v) is 3.73. The van der Waals surface area contributed by atoms with E-state index in [0.717, 1.165) is 16.3 Å². The first-order valence-corrected chi connectivity index (χ1v) is 5.77. The third-order valence-electron chi connectivity index (χ3n) is 2.59. The number of nitrogens with one attached hydrogen (secondary N) is 1. The Morgan fingerprint density at radius 3 is 2.87 bits per heavy atom. The maximum atomic E-state index is 11.7. The van der Waals surface area contributed by atoms with Crippen molar-refractivity contribution in [2.24, 2.45) is 0 Å². The highest BCUT2D eigenvalue weighted by Gasteiger charge is 2.27. The minimum atomic E-state index is 0.00889. The van der Waals surface area contributed by atoms with E-state index in [2.05, 4.69) is 11.4 Å². The Labute approximate surface area is 93.8 Å². The fourth-order valence-electron chi connectivity index (χ4n) is 1.67. The molecule has 0 radical (unpaired) electrons. The van der Waals surface area contributed by atoms with Crippen LogP contribution in [-0.4, -0.2) is 25.3 Å². The van der Waals surface area contributed by atoms with Crippen LogP contribution < -0.4 is 10.2 Å². The molecule has 1 heterocycles. The Hall–Kier alpha value is -1.16. The summed E-state index contributed by atoms with van der Waals surface area (Å²) in [4.78, 5) is 14.6. The molecule has 0 fully saturated rings. The van der Waals surface area contributed by atoms with Crippen LogP contribution in [0, 0.1) is 0 Å². The molecule has 1 atom stereocenters. The van der Waals surface area contributed by atoms with Crippen LogP contribution >= 0.6 is 11.8 Å². The van der Waals surface area contributed by atoms with Gasteiger partial charge in [0.25, 0.3) is 0 Å². The lowest BCUT2D eigenvalue weighted by molar-refractivity contribution is -0.117. The van der Waals surface area contributed by atoms with Gasteiger partial charge in [0, 0.05) is 24.7 Å². The fourth-order valence-corrected chi connectivity index (χ4v) is 2.83. The zero-order valence-corrected chi connectivity index (χ0v) is 9.89. The number of carbonyl (C=O) groups is 1. The molecule has 0 saturated heterocycles. The molecule has 0 saturated carbocycles. The van der Waals surface area contributed by atoms with Gasteiger partial charge in [-0.15, -0.1) is 11.8 Å². The van der Waals surface area contributed by atoms with Gasteiger partial charge in [0.2, 0.25) is 5.91 Å². The molecule has 0 aromatic heterocycles. The highest BCUT2D eigenvalue weighted by atomic mass is 32.2. The highest BCUT2D eigenvalue weighted by Crippen LogP contribution is 2.39. The lowest BCUT2D eigenvalue weighted by atomic mass is 10.2. The SMILES string of the molecule is CNc1ccc2c(c1)SC(C)C(=O)N2C. The predicted octanol–water partition coefficient (Wildman–Crippen LogP) is 2.19. The van der Waals surface area contributed by atoms with E-state index in [4.69, 9.17) is 0 Å². The number of hydrogen-bond donors (Lipinski definition) is 1. The second-order valence-electron chi connectivity index (χ2n) is 3.59. The molecule has 80 valence electrons. The van der Waals surface area contributed by atoms with E-state index >= 15 is 0 Å². The molecule has 1 aromatic rings. The normalized spacial score (nSPS) is 20.1. The maximum Gasteiger partial charge on any atom is 0.239 e. The summed E-state index contributed by atoms with van der Waals surface area (Å²) < 4.78 is 0. The number of nitrogens with zero attached hydrogens (tertiary/aromatic N) is 1. The molecule has 1 aliphatic heterocycles. The number of fused-ring (bicyclic) bond motifs is 1. The van der Waals surface area contributed by atoms with Crippen LogP contribution in [0.2, 0.25) is 0 Å². The fraction of sp³-hybridized carbons (Fsp3) is 0.364. The predicted molar refractivity (Wildman–Crippen MR) is 64.7 cm³/mol. The number of anilines is 2. The van der Waals surface area contributed by atoms with Crippen LogP contribution in [0.25, 0.3) is 0 Å². The van der Waals surface area contributed by atoms with Crippen LogP contribution in [0.5, 0.6) is 0 Å². The zero-order chi connectivity index (χ0) is 11.0. The summed E-state index contributed by atoms with van der Waals surface area (Å²) in [7, 11) is 3.73. The minimum absolute atomic E-state index is 0.00889. The van der Waals surface area contributed by atoms with E-state index in [9.17, 15) is 4.79 Å². The topological polar surface area (TPSA) is 32.3 Å². The molecule has 4 heteroatoms. The van der Waals surface area contributed by atoms with Gasteiger partial charge in [-0.05, 0) is 25.1 Å². The van der Waals surface area contributed by atoms with E-state index < -0.39 is 0 Å². The second kappa shape index (κ2) is 3.77. The molecule has 3 nitrogen and oxygen atoms in total. The van der Waals surface area contributed by atoms with Crippen LogP contribution in [0.1, 0.15) is 6.92 Å². The van der Waals surface area contributed by atoms with E-state index in [-0.39, 0.29) is 11.2 Å². The Bertz CT molecular complexity index is 406. The van der Waals surface area contributed by atoms with Crippen molar-refractivity contribution in [2.75, 3.05) is 24.3 Å². The zero-order valence-electron chi connectivity index (χ0n) is 9.07. The van der Waals surface area contributed by atoms with Crippen molar-refractivity contribution < 1.29 is 4.79 Å². The summed E-state index contributed by atoms with van der Waals surface area (Å²) in [5.74, 6) is 0.171. The molecule has 1 aromatic carbocycles.